The van der Waals surface area contributed by atoms with E-state index in [1.54, 1.807) is 0 Å². The van der Waals surface area contributed by atoms with E-state index in [0.29, 0.717) is 18.2 Å². The number of fused-ring (bicyclic) bond motifs is 1. The van der Waals surface area contributed by atoms with Crippen LogP contribution in [0.3, 0.4) is 0 Å². The zero-order valence-electron chi connectivity index (χ0n) is 13.3. The van der Waals surface area contributed by atoms with E-state index in [1.807, 2.05) is 0 Å². The topological polar surface area (TPSA) is 24.5 Å². The molecule has 1 fully saturated rings. The number of morpholine rings is 1. The zero-order chi connectivity index (χ0) is 14.7. The summed E-state index contributed by atoms with van der Waals surface area (Å²) in [6.45, 7) is 8.54. The molecule has 1 heterocycles. The van der Waals surface area contributed by atoms with Gasteiger partial charge in [-0.2, -0.15) is 0 Å². The number of benzene rings is 1. The largest absolute Gasteiger partial charge is 0.376 e. The summed E-state index contributed by atoms with van der Waals surface area (Å²) >= 11 is 0. The SMILES string of the molecule is CCCNC1c2ccccc2CCC1N1CCOC(C)C1. The predicted octanol–water partition coefficient (Wildman–Crippen LogP) is 2.76. The molecule has 0 spiro atoms. The van der Waals surface area contributed by atoms with Crippen LogP contribution in [0.1, 0.15) is 43.9 Å². The van der Waals surface area contributed by atoms with Crippen LogP contribution in [0.2, 0.25) is 0 Å². The fraction of sp³-hybridized carbons (Fsp3) is 0.667. The molecule has 3 heteroatoms. The maximum atomic E-state index is 5.72. The van der Waals surface area contributed by atoms with Crippen molar-refractivity contribution in [3.63, 3.8) is 0 Å². The quantitative estimate of drug-likeness (QED) is 0.922. The molecule has 1 saturated heterocycles. The fourth-order valence-corrected chi connectivity index (χ4v) is 3.83. The first kappa shape index (κ1) is 15.0. The second kappa shape index (κ2) is 6.91. The summed E-state index contributed by atoms with van der Waals surface area (Å²) in [5.41, 5.74) is 3.05. The number of nitrogens with one attached hydrogen (secondary N) is 1. The molecule has 116 valence electrons. The van der Waals surface area contributed by atoms with Crippen LogP contribution in [0.4, 0.5) is 0 Å². The van der Waals surface area contributed by atoms with E-state index in [4.69, 9.17) is 4.74 Å². The molecule has 3 nitrogen and oxygen atoms in total. The molecule has 1 N–H and O–H groups in total. The number of rotatable bonds is 4. The summed E-state index contributed by atoms with van der Waals surface area (Å²) in [4.78, 5) is 2.65. The molecular weight excluding hydrogens is 260 g/mol. The van der Waals surface area contributed by atoms with E-state index >= 15 is 0 Å². The fourth-order valence-electron chi connectivity index (χ4n) is 3.83. The van der Waals surface area contributed by atoms with Crippen molar-refractivity contribution in [1.29, 1.82) is 0 Å². The molecule has 0 bridgehead atoms. The van der Waals surface area contributed by atoms with Gasteiger partial charge < -0.3 is 10.1 Å². The van der Waals surface area contributed by atoms with Gasteiger partial charge in [-0.1, -0.05) is 31.2 Å². The van der Waals surface area contributed by atoms with Gasteiger partial charge in [-0.25, -0.2) is 0 Å². The van der Waals surface area contributed by atoms with E-state index in [1.165, 1.54) is 30.4 Å². The van der Waals surface area contributed by atoms with Gasteiger partial charge in [-0.3, -0.25) is 4.90 Å². The van der Waals surface area contributed by atoms with Gasteiger partial charge in [-0.05, 0) is 43.9 Å². The molecule has 0 amide bonds. The van der Waals surface area contributed by atoms with Crippen LogP contribution < -0.4 is 5.32 Å². The number of hydrogen-bond donors (Lipinski definition) is 1. The summed E-state index contributed by atoms with van der Waals surface area (Å²) in [5, 5.41) is 3.81. The highest BCUT2D eigenvalue weighted by Crippen LogP contribution is 2.33. The average molecular weight is 288 g/mol. The summed E-state index contributed by atoms with van der Waals surface area (Å²) in [6, 6.07) is 10.1. The number of aryl methyl sites for hydroxylation is 1. The second-order valence-corrected chi connectivity index (χ2v) is 6.41. The number of hydrogen-bond acceptors (Lipinski definition) is 3. The van der Waals surface area contributed by atoms with Crippen molar-refractivity contribution in [2.45, 2.75) is 51.3 Å². The van der Waals surface area contributed by atoms with E-state index in [0.717, 1.165) is 26.2 Å². The van der Waals surface area contributed by atoms with E-state index in [2.05, 4.69) is 48.3 Å². The van der Waals surface area contributed by atoms with Crippen molar-refractivity contribution in [2.24, 2.45) is 0 Å². The van der Waals surface area contributed by atoms with Gasteiger partial charge in [0.05, 0.1) is 12.7 Å². The lowest BCUT2D eigenvalue weighted by Gasteiger charge is -2.44. The first-order valence-electron chi connectivity index (χ1n) is 8.46. The highest BCUT2D eigenvalue weighted by Gasteiger charge is 2.34. The van der Waals surface area contributed by atoms with Crippen LogP contribution in [0.5, 0.6) is 0 Å². The van der Waals surface area contributed by atoms with Gasteiger partial charge in [0, 0.05) is 25.2 Å². The number of ether oxygens (including phenoxy) is 1. The third-order valence-corrected chi connectivity index (χ3v) is 4.84. The lowest BCUT2D eigenvalue weighted by Crippen LogP contribution is -2.53. The highest BCUT2D eigenvalue weighted by atomic mass is 16.5. The van der Waals surface area contributed by atoms with Gasteiger partial charge in [0.2, 0.25) is 0 Å². The van der Waals surface area contributed by atoms with Crippen molar-refractivity contribution in [1.82, 2.24) is 10.2 Å². The molecule has 2 aliphatic rings. The Morgan fingerprint density at radius 1 is 1.33 bits per heavy atom. The van der Waals surface area contributed by atoms with E-state index < -0.39 is 0 Å². The molecule has 0 saturated carbocycles. The molecular formula is C18H28N2O. The smallest absolute Gasteiger partial charge is 0.0674 e. The summed E-state index contributed by atoms with van der Waals surface area (Å²) in [6.07, 6.45) is 4.01. The van der Waals surface area contributed by atoms with Gasteiger partial charge in [0.15, 0.2) is 0 Å². The van der Waals surface area contributed by atoms with Crippen LogP contribution in [0.25, 0.3) is 0 Å². The molecule has 1 aliphatic heterocycles. The van der Waals surface area contributed by atoms with Gasteiger partial charge >= 0.3 is 0 Å². The first-order chi connectivity index (χ1) is 10.3. The zero-order valence-corrected chi connectivity index (χ0v) is 13.3. The third kappa shape index (κ3) is 3.31. The predicted molar refractivity (Wildman–Crippen MR) is 86.6 cm³/mol. The molecule has 0 aromatic heterocycles. The van der Waals surface area contributed by atoms with Gasteiger partial charge in [0.25, 0.3) is 0 Å². The van der Waals surface area contributed by atoms with Crippen LogP contribution in [0.15, 0.2) is 24.3 Å². The van der Waals surface area contributed by atoms with Gasteiger partial charge in [0.1, 0.15) is 0 Å². The maximum Gasteiger partial charge on any atom is 0.0674 e. The molecule has 1 aromatic carbocycles. The van der Waals surface area contributed by atoms with Crippen molar-refractivity contribution in [3.05, 3.63) is 35.4 Å². The summed E-state index contributed by atoms with van der Waals surface area (Å²) in [5.74, 6) is 0. The Hall–Kier alpha value is -0.900. The maximum absolute atomic E-state index is 5.72. The molecule has 1 aromatic rings. The lowest BCUT2D eigenvalue weighted by atomic mass is 9.83. The normalized spacial score (nSPS) is 30.1. The third-order valence-electron chi connectivity index (χ3n) is 4.84. The molecule has 0 radical (unpaired) electrons. The minimum absolute atomic E-state index is 0.364. The lowest BCUT2D eigenvalue weighted by molar-refractivity contribution is -0.0425. The molecule has 3 unspecified atom stereocenters. The Bertz CT molecular complexity index is 462. The van der Waals surface area contributed by atoms with Crippen LogP contribution in [0, 0.1) is 0 Å². The second-order valence-electron chi connectivity index (χ2n) is 6.41. The monoisotopic (exact) mass is 288 g/mol. The van der Waals surface area contributed by atoms with Crippen molar-refractivity contribution in [2.75, 3.05) is 26.2 Å². The van der Waals surface area contributed by atoms with Crippen LogP contribution in [-0.4, -0.2) is 43.3 Å². The van der Waals surface area contributed by atoms with Crippen molar-refractivity contribution in [3.8, 4) is 0 Å². The summed E-state index contributed by atoms with van der Waals surface area (Å²) in [7, 11) is 0. The van der Waals surface area contributed by atoms with E-state index in [9.17, 15) is 0 Å². The average Bonchev–Trinajstić information content (AvgIpc) is 2.52. The standard InChI is InChI=1S/C18H28N2O/c1-3-10-19-18-16-7-5-4-6-15(16)8-9-17(18)20-11-12-21-14(2)13-20/h4-7,14,17-19H,3,8-13H2,1-2H3. The Morgan fingerprint density at radius 3 is 3.00 bits per heavy atom. The van der Waals surface area contributed by atoms with Crippen molar-refractivity contribution < 1.29 is 4.74 Å². The molecule has 3 atom stereocenters. The highest BCUT2D eigenvalue weighted by molar-refractivity contribution is 5.34. The number of nitrogens with zero attached hydrogens (tertiary/aromatic N) is 1. The molecule has 1 aliphatic carbocycles. The summed E-state index contributed by atoms with van der Waals surface area (Å²) < 4.78 is 5.72. The Labute approximate surface area is 128 Å². The van der Waals surface area contributed by atoms with Gasteiger partial charge in [-0.15, -0.1) is 0 Å². The Balaban J connectivity index is 1.82. The molecule has 21 heavy (non-hydrogen) atoms. The van der Waals surface area contributed by atoms with Crippen LogP contribution >= 0.6 is 0 Å². The first-order valence-corrected chi connectivity index (χ1v) is 8.46. The Morgan fingerprint density at radius 2 is 2.19 bits per heavy atom. The van der Waals surface area contributed by atoms with Crippen LogP contribution in [-0.2, 0) is 11.2 Å². The molecule has 3 rings (SSSR count). The van der Waals surface area contributed by atoms with E-state index in [-0.39, 0.29) is 0 Å². The van der Waals surface area contributed by atoms with Crippen molar-refractivity contribution >= 4 is 0 Å². The minimum Gasteiger partial charge on any atom is -0.376 e. The Kier molecular flexibility index (Phi) is 4.94. The minimum atomic E-state index is 0.364.